The number of rotatable bonds is 2. The second kappa shape index (κ2) is 4.82. The molecule has 0 aliphatic heterocycles. The molecule has 2 heterocycles. The van der Waals surface area contributed by atoms with Crippen LogP contribution in [0.15, 0.2) is 42.7 Å². The lowest BCUT2D eigenvalue weighted by Crippen LogP contribution is -1.99. The molecule has 0 aliphatic carbocycles. The summed E-state index contributed by atoms with van der Waals surface area (Å²) in [5.41, 5.74) is 1.76. The van der Waals surface area contributed by atoms with Gasteiger partial charge in [0.15, 0.2) is 0 Å². The Kier molecular flexibility index (Phi) is 3.01. The van der Waals surface area contributed by atoms with Gasteiger partial charge in [0.2, 0.25) is 0 Å². The van der Waals surface area contributed by atoms with Crippen molar-refractivity contribution in [1.29, 1.82) is 0 Å². The molecular formula is C14H11ClN4. The average molecular weight is 271 g/mol. The Morgan fingerprint density at radius 3 is 2.63 bits per heavy atom. The molecule has 3 aromatic rings. The maximum atomic E-state index is 5.87. The largest absolute Gasteiger partial charge is 0.340 e. The van der Waals surface area contributed by atoms with E-state index in [1.807, 2.05) is 37.3 Å². The van der Waals surface area contributed by atoms with Crippen molar-refractivity contribution in [3.63, 3.8) is 0 Å². The second-order valence-electron chi connectivity index (χ2n) is 4.14. The van der Waals surface area contributed by atoms with Gasteiger partial charge >= 0.3 is 0 Å². The van der Waals surface area contributed by atoms with Crippen molar-refractivity contribution in [2.75, 3.05) is 5.32 Å². The molecule has 0 fully saturated rings. The number of hydrogen-bond donors (Lipinski definition) is 1. The van der Waals surface area contributed by atoms with Crippen LogP contribution in [0.4, 0.5) is 11.5 Å². The molecule has 0 unspecified atom stereocenters. The van der Waals surface area contributed by atoms with Gasteiger partial charge < -0.3 is 5.32 Å². The van der Waals surface area contributed by atoms with Gasteiger partial charge in [-0.3, -0.25) is 4.98 Å². The van der Waals surface area contributed by atoms with E-state index >= 15 is 0 Å². The Morgan fingerprint density at radius 1 is 1.05 bits per heavy atom. The first-order valence-electron chi connectivity index (χ1n) is 5.83. The van der Waals surface area contributed by atoms with E-state index in [0.717, 1.165) is 22.4 Å². The zero-order valence-electron chi connectivity index (χ0n) is 10.3. The number of anilines is 2. The molecule has 5 heteroatoms. The monoisotopic (exact) mass is 270 g/mol. The van der Waals surface area contributed by atoms with Crippen molar-refractivity contribution in [1.82, 2.24) is 15.0 Å². The summed E-state index contributed by atoms with van der Waals surface area (Å²) < 4.78 is 0. The van der Waals surface area contributed by atoms with Crippen molar-refractivity contribution >= 4 is 34.0 Å². The van der Waals surface area contributed by atoms with Crippen molar-refractivity contribution in [3.8, 4) is 0 Å². The number of aryl methyl sites for hydroxylation is 1. The van der Waals surface area contributed by atoms with E-state index < -0.39 is 0 Å². The van der Waals surface area contributed by atoms with Crippen LogP contribution in [0, 0.1) is 6.92 Å². The Morgan fingerprint density at radius 2 is 1.84 bits per heavy atom. The van der Waals surface area contributed by atoms with Crippen LogP contribution in [0.25, 0.3) is 10.9 Å². The Hall–Kier alpha value is -2.20. The molecule has 19 heavy (non-hydrogen) atoms. The summed E-state index contributed by atoms with van der Waals surface area (Å²) >= 11 is 5.87. The van der Waals surface area contributed by atoms with Crippen molar-refractivity contribution in [3.05, 3.63) is 53.6 Å². The summed E-state index contributed by atoms with van der Waals surface area (Å²) in [6.45, 7) is 1.86. The summed E-state index contributed by atoms with van der Waals surface area (Å²) in [6.07, 6.45) is 3.46. The molecule has 3 rings (SSSR count). The maximum absolute atomic E-state index is 5.87. The van der Waals surface area contributed by atoms with Crippen LogP contribution in [-0.4, -0.2) is 15.0 Å². The van der Waals surface area contributed by atoms with Gasteiger partial charge in [-0.1, -0.05) is 11.6 Å². The van der Waals surface area contributed by atoms with Crippen molar-refractivity contribution < 1.29 is 0 Å². The molecule has 0 aliphatic rings. The first-order valence-corrected chi connectivity index (χ1v) is 6.21. The fourth-order valence-electron chi connectivity index (χ4n) is 1.86. The second-order valence-corrected chi connectivity index (χ2v) is 4.58. The topological polar surface area (TPSA) is 50.7 Å². The number of nitrogens with zero attached hydrogens (tertiary/aromatic N) is 3. The third-order valence-corrected chi connectivity index (χ3v) is 2.97. The van der Waals surface area contributed by atoms with Gasteiger partial charge in [-0.15, -0.1) is 0 Å². The summed E-state index contributed by atoms with van der Waals surface area (Å²) in [7, 11) is 0. The summed E-state index contributed by atoms with van der Waals surface area (Å²) in [4.78, 5) is 12.9. The van der Waals surface area contributed by atoms with Gasteiger partial charge in [0.25, 0.3) is 0 Å². The lowest BCUT2D eigenvalue weighted by Gasteiger charge is -2.09. The molecule has 1 aromatic carbocycles. The molecule has 0 amide bonds. The molecule has 94 valence electrons. The standard InChI is InChI=1S/C14H11ClN4/c1-9-17-13-8-16-7-6-12(13)14(18-9)19-11-4-2-10(15)3-5-11/h2-8H,1H3,(H,17,18,19). The quantitative estimate of drug-likeness (QED) is 0.771. The number of aromatic nitrogens is 3. The molecule has 0 bridgehead atoms. The van der Waals surface area contributed by atoms with E-state index in [9.17, 15) is 0 Å². The zero-order valence-corrected chi connectivity index (χ0v) is 11.0. The molecule has 1 N–H and O–H groups in total. The number of pyridine rings is 1. The fourth-order valence-corrected chi connectivity index (χ4v) is 1.99. The molecule has 0 saturated heterocycles. The Balaban J connectivity index is 2.07. The number of halogens is 1. The first-order chi connectivity index (χ1) is 9.22. The third-order valence-electron chi connectivity index (χ3n) is 2.72. The fraction of sp³-hybridized carbons (Fsp3) is 0.0714. The minimum Gasteiger partial charge on any atom is -0.340 e. The van der Waals surface area contributed by atoms with Crippen molar-refractivity contribution in [2.24, 2.45) is 0 Å². The molecule has 0 saturated carbocycles. The first kappa shape index (κ1) is 11.9. The van der Waals surface area contributed by atoms with Crippen LogP contribution < -0.4 is 5.32 Å². The SMILES string of the molecule is Cc1nc(Nc2ccc(Cl)cc2)c2ccncc2n1. The molecule has 2 aromatic heterocycles. The minimum absolute atomic E-state index is 0.706. The predicted octanol–water partition coefficient (Wildman–Crippen LogP) is 3.73. The van der Waals surface area contributed by atoms with E-state index in [-0.39, 0.29) is 0 Å². The van der Waals surface area contributed by atoms with Crippen LogP contribution in [0.5, 0.6) is 0 Å². The number of benzene rings is 1. The van der Waals surface area contributed by atoms with E-state index in [0.29, 0.717) is 10.8 Å². The summed E-state index contributed by atoms with van der Waals surface area (Å²) in [5.74, 6) is 1.48. The van der Waals surface area contributed by atoms with E-state index in [1.54, 1.807) is 12.4 Å². The van der Waals surface area contributed by atoms with Gasteiger partial charge in [0.05, 0.1) is 11.7 Å². The van der Waals surface area contributed by atoms with Crippen molar-refractivity contribution in [2.45, 2.75) is 6.92 Å². The number of hydrogen-bond acceptors (Lipinski definition) is 4. The highest BCUT2D eigenvalue weighted by molar-refractivity contribution is 6.30. The van der Waals surface area contributed by atoms with E-state index in [1.165, 1.54) is 0 Å². The lowest BCUT2D eigenvalue weighted by atomic mass is 10.2. The Bertz CT molecular complexity index is 725. The molecular weight excluding hydrogens is 260 g/mol. The van der Waals surface area contributed by atoms with Gasteiger partial charge in [-0.25, -0.2) is 9.97 Å². The highest BCUT2D eigenvalue weighted by Gasteiger charge is 2.05. The highest BCUT2D eigenvalue weighted by Crippen LogP contribution is 2.23. The molecule has 0 radical (unpaired) electrons. The minimum atomic E-state index is 0.706. The normalized spacial score (nSPS) is 10.6. The van der Waals surface area contributed by atoms with Gasteiger partial charge in [0.1, 0.15) is 11.6 Å². The summed E-state index contributed by atoms with van der Waals surface area (Å²) in [5, 5.41) is 4.92. The van der Waals surface area contributed by atoms with Gasteiger partial charge in [0, 0.05) is 22.3 Å². The third kappa shape index (κ3) is 2.48. The average Bonchev–Trinajstić information content (AvgIpc) is 2.41. The number of fused-ring (bicyclic) bond motifs is 1. The smallest absolute Gasteiger partial charge is 0.142 e. The molecule has 0 spiro atoms. The zero-order chi connectivity index (χ0) is 13.2. The van der Waals surface area contributed by atoms with Crippen LogP contribution in [-0.2, 0) is 0 Å². The maximum Gasteiger partial charge on any atom is 0.142 e. The highest BCUT2D eigenvalue weighted by atomic mass is 35.5. The van der Waals surface area contributed by atoms with Crippen LogP contribution in [0.3, 0.4) is 0 Å². The number of nitrogens with one attached hydrogen (secondary N) is 1. The lowest BCUT2D eigenvalue weighted by molar-refractivity contribution is 1.09. The molecule has 0 atom stereocenters. The Labute approximate surface area is 115 Å². The van der Waals surface area contributed by atoms with Gasteiger partial charge in [-0.2, -0.15) is 0 Å². The van der Waals surface area contributed by atoms with Crippen LogP contribution >= 0.6 is 11.6 Å². The summed E-state index contributed by atoms with van der Waals surface area (Å²) in [6, 6.07) is 9.38. The predicted molar refractivity (Wildman–Crippen MR) is 76.8 cm³/mol. The molecule has 4 nitrogen and oxygen atoms in total. The van der Waals surface area contributed by atoms with Crippen LogP contribution in [0.1, 0.15) is 5.82 Å². The van der Waals surface area contributed by atoms with E-state index in [4.69, 9.17) is 11.6 Å². The van der Waals surface area contributed by atoms with Crippen LogP contribution in [0.2, 0.25) is 5.02 Å². The van der Waals surface area contributed by atoms with E-state index in [2.05, 4.69) is 20.3 Å². The van der Waals surface area contributed by atoms with Gasteiger partial charge in [-0.05, 0) is 37.3 Å².